The molecule has 0 bridgehead atoms. The van der Waals surface area contributed by atoms with Crippen molar-refractivity contribution in [1.82, 2.24) is 51.5 Å². The van der Waals surface area contributed by atoms with Crippen molar-refractivity contribution in [1.29, 1.82) is 0 Å². The second-order valence-corrected chi connectivity index (χ2v) is 22.1. The van der Waals surface area contributed by atoms with Gasteiger partial charge in [-0.15, -0.1) is 0 Å². The average Bonchev–Trinajstić information content (AvgIpc) is 4.29. The molecule has 414 valence electrons. The Hall–Kier alpha value is -6.94. The number of halogens is 2. The number of hydrogen-bond donors (Lipinski definition) is 8. The molecule has 0 aromatic heterocycles. The summed E-state index contributed by atoms with van der Waals surface area (Å²) in [4.78, 5) is 117. The summed E-state index contributed by atoms with van der Waals surface area (Å²) >= 11 is 0. The maximum absolute atomic E-state index is 14.5. The number of fused-ring (bicyclic) bond motifs is 2. The van der Waals surface area contributed by atoms with E-state index in [9.17, 15) is 47.1 Å². The van der Waals surface area contributed by atoms with Crippen molar-refractivity contribution in [3.8, 4) is 0 Å². The van der Waals surface area contributed by atoms with Gasteiger partial charge < -0.3 is 62.1 Å². The van der Waals surface area contributed by atoms with Crippen molar-refractivity contribution >= 4 is 58.9 Å². The quantitative estimate of drug-likeness (QED) is 0.137. The predicted molar refractivity (Wildman–Crippen MR) is 282 cm³/mol. The molecule has 3 aliphatic carbocycles. The molecular weight excluding hydrogens is 995 g/mol. The van der Waals surface area contributed by atoms with Gasteiger partial charge in [0.25, 0.3) is 0 Å². The molecule has 9 rings (SSSR count). The van der Waals surface area contributed by atoms with Crippen LogP contribution in [0, 0.1) is 17.2 Å². The highest BCUT2D eigenvalue weighted by Crippen LogP contribution is 2.51. The number of nitrogens with one attached hydrogen (secondary N) is 8. The van der Waals surface area contributed by atoms with Crippen molar-refractivity contribution in [2.24, 2.45) is 11.3 Å². The van der Waals surface area contributed by atoms with Crippen molar-refractivity contribution in [2.45, 2.75) is 145 Å². The molecule has 2 unspecified atom stereocenters. The molecule has 6 fully saturated rings. The minimum atomic E-state index is -1.16. The normalized spacial score (nSPS) is 30.5. The number of rotatable bonds is 14. The van der Waals surface area contributed by atoms with Crippen LogP contribution in [-0.2, 0) is 28.8 Å². The Morgan fingerprint density at radius 2 is 1.10 bits per heavy atom. The summed E-state index contributed by atoms with van der Waals surface area (Å²) in [5.41, 5.74) is 1.40. The van der Waals surface area contributed by atoms with Crippen LogP contribution in [0.3, 0.4) is 0 Å². The zero-order valence-corrected chi connectivity index (χ0v) is 44.3. The van der Waals surface area contributed by atoms with Crippen LogP contribution in [0.25, 0.3) is 0 Å². The molecule has 13 atom stereocenters. The van der Waals surface area contributed by atoms with Gasteiger partial charge in [0.1, 0.15) is 35.8 Å². The molecule has 10 amide bonds. The molecule has 22 heteroatoms. The lowest BCUT2D eigenvalue weighted by atomic mass is 9.78. The Labute approximate surface area is 447 Å². The van der Waals surface area contributed by atoms with Crippen LogP contribution in [0.4, 0.5) is 29.7 Å². The zero-order valence-electron chi connectivity index (χ0n) is 44.3. The number of nitrogens with zero attached hydrogens (tertiary/aromatic N) is 4. The van der Waals surface area contributed by atoms with E-state index in [-0.39, 0.29) is 91.1 Å². The molecule has 7 aliphatic rings. The topological polar surface area (TPSA) is 246 Å². The van der Waals surface area contributed by atoms with Crippen LogP contribution in [-0.4, -0.2) is 168 Å². The third kappa shape index (κ3) is 12.3. The summed E-state index contributed by atoms with van der Waals surface area (Å²) in [6, 6.07) is 5.40. The molecule has 4 aliphatic heterocycles. The molecular formula is C55H72F2N12O8. The number of likely N-dealkylation sites (N-methyl/N-ethyl adjacent to an activating group) is 2. The molecule has 0 spiro atoms. The molecule has 2 aromatic carbocycles. The van der Waals surface area contributed by atoms with Gasteiger partial charge in [-0.05, 0) is 151 Å². The van der Waals surface area contributed by atoms with Crippen molar-refractivity contribution in [3.63, 3.8) is 0 Å². The van der Waals surface area contributed by atoms with E-state index in [1.165, 1.54) is 28.0 Å². The molecule has 4 saturated heterocycles. The standard InChI is InChI=1S/C55H72F2N12O8/c1-30(58-4)47(70)64-43-28-66(24-20-37-14-16-45(68(37)51(43)74)49(72)62-41-26-39(41)32-6-8-33(56)9-7-32)53(76)60-35-10-12-36(13-11-35)61-54(77)67-25-21-38-15-17-46(69(38)52(75)44(29-67)65-48(71)31(2)59-5)50(73)63-42-27-40(42)55(3)22-18-34(57)19-23-55/h6-13,18-19,22,30-31,37-46,58-59H,14-17,20-21,23-29H2,1-5H3,(H,60,76)(H,61,77)(H,62,72)(H,63,73)(H,64,70)(H,65,71)/t30-,31-,37+,38+,39+,40-,41-,42-,43-,44?,45-,46-,55?/m0/s1. The Morgan fingerprint density at radius 3 is 1.56 bits per heavy atom. The average molecular weight is 1070 g/mol. The highest BCUT2D eigenvalue weighted by atomic mass is 19.1. The van der Waals surface area contributed by atoms with E-state index in [0.29, 0.717) is 62.7 Å². The zero-order chi connectivity index (χ0) is 54.9. The molecule has 20 nitrogen and oxygen atoms in total. The first-order valence-corrected chi connectivity index (χ1v) is 27.1. The summed E-state index contributed by atoms with van der Waals surface area (Å²) in [6.07, 6.45) is 9.52. The fourth-order valence-electron chi connectivity index (χ4n) is 11.8. The second-order valence-electron chi connectivity index (χ2n) is 22.1. The number of anilines is 2. The van der Waals surface area contributed by atoms with Gasteiger partial charge in [-0.2, -0.15) is 0 Å². The van der Waals surface area contributed by atoms with Gasteiger partial charge in [-0.1, -0.05) is 25.1 Å². The Kier molecular flexibility index (Phi) is 16.3. The fraction of sp³-hybridized carbons (Fsp3) is 0.564. The number of benzene rings is 2. The highest BCUT2D eigenvalue weighted by molar-refractivity contribution is 5.97. The second kappa shape index (κ2) is 23.0. The van der Waals surface area contributed by atoms with Crippen molar-refractivity contribution in [2.75, 3.05) is 50.9 Å². The van der Waals surface area contributed by atoms with Crippen LogP contribution >= 0.6 is 0 Å². The minimum absolute atomic E-state index is 0.0443. The molecule has 2 saturated carbocycles. The summed E-state index contributed by atoms with van der Waals surface area (Å²) in [7, 11) is 3.23. The largest absolute Gasteiger partial charge is 0.351 e. The number of urea groups is 2. The lowest BCUT2D eigenvalue weighted by molar-refractivity contribution is -0.144. The van der Waals surface area contributed by atoms with Gasteiger partial charge in [-0.25, -0.2) is 18.4 Å². The first-order chi connectivity index (χ1) is 36.8. The molecule has 8 N–H and O–H groups in total. The van der Waals surface area contributed by atoms with Gasteiger partial charge in [0, 0.05) is 54.5 Å². The van der Waals surface area contributed by atoms with Gasteiger partial charge in [0.05, 0.1) is 25.2 Å². The monoisotopic (exact) mass is 1070 g/mol. The Morgan fingerprint density at radius 1 is 0.623 bits per heavy atom. The SMILES string of the molecule is CN[C@@H](C)C(=O)NC1CN(C(=O)Nc2ccc(NC(=O)N3CC[C@H]4CC[C@@H](C(=O)N[C@H]5C[C@@H]5c5ccc(F)cc5)N4C(=O)[C@@H](NC(=O)[C@H](C)NC)C3)cc2)CC[C@H]2CC[C@@H](C(=O)N[C@H]3C[C@@H]3C3(C)C=CC(F)=CC3)N2C1=O. The van der Waals surface area contributed by atoms with E-state index >= 15 is 0 Å². The van der Waals surface area contributed by atoms with E-state index in [2.05, 4.69) is 49.5 Å². The summed E-state index contributed by atoms with van der Waals surface area (Å²) in [5.74, 6) is -2.81. The van der Waals surface area contributed by atoms with Gasteiger partial charge in [0.2, 0.25) is 35.4 Å². The number of carbonyl (C=O) groups is 8. The van der Waals surface area contributed by atoms with Crippen molar-refractivity contribution < 1.29 is 47.1 Å². The molecule has 0 radical (unpaired) electrons. The maximum atomic E-state index is 14.5. The van der Waals surface area contributed by atoms with Gasteiger partial charge >= 0.3 is 12.1 Å². The summed E-state index contributed by atoms with van der Waals surface area (Å²) in [5, 5.41) is 23.4. The maximum Gasteiger partial charge on any atom is 0.321 e. The number of carbonyl (C=O) groups excluding carboxylic acids is 8. The molecule has 4 heterocycles. The smallest absolute Gasteiger partial charge is 0.321 e. The first kappa shape index (κ1) is 54.8. The van der Waals surface area contributed by atoms with Gasteiger partial charge in [0.15, 0.2) is 0 Å². The van der Waals surface area contributed by atoms with E-state index < -0.39 is 71.9 Å². The van der Waals surface area contributed by atoms with Crippen LogP contribution < -0.4 is 42.5 Å². The molecule has 77 heavy (non-hydrogen) atoms. The lowest BCUT2D eigenvalue weighted by Gasteiger charge is -2.39. The number of allylic oxidation sites excluding steroid dienone is 4. The van der Waals surface area contributed by atoms with E-state index in [1.807, 2.05) is 6.08 Å². The number of hydrogen-bond acceptors (Lipinski definition) is 10. The summed E-state index contributed by atoms with van der Waals surface area (Å²) in [6.45, 7) is 5.44. The van der Waals surface area contributed by atoms with Crippen LogP contribution in [0.15, 0.2) is 72.6 Å². The van der Waals surface area contributed by atoms with Crippen molar-refractivity contribution in [3.05, 3.63) is 84.0 Å². The van der Waals surface area contributed by atoms with Crippen LogP contribution in [0.5, 0.6) is 0 Å². The van der Waals surface area contributed by atoms with E-state index in [4.69, 9.17) is 0 Å². The van der Waals surface area contributed by atoms with Crippen LogP contribution in [0.2, 0.25) is 0 Å². The van der Waals surface area contributed by atoms with Crippen LogP contribution in [0.1, 0.15) is 90.0 Å². The third-order valence-corrected chi connectivity index (χ3v) is 17.0. The number of amides is 10. The molecule has 2 aromatic rings. The predicted octanol–water partition coefficient (Wildman–Crippen LogP) is 3.20. The van der Waals surface area contributed by atoms with Gasteiger partial charge in [-0.3, -0.25) is 28.8 Å². The van der Waals surface area contributed by atoms with E-state index in [1.54, 1.807) is 80.2 Å². The third-order valence-electron chi connectivity index (χ3n) is 17.0. The summed E-state index contributed by atoms with van der Waals surface area (Å²) < 4.78 is 27.3. The lowest BCUT2D eigenvalue weighted by Crippen LogP contribution is -2.62. The fourth-order valence-corrected chi connectivity index (χ4v) is 11.8. The van der Waals surface area contributed by atoms with E-state index in [0.717, 1.165) is 12.0 Å². The Bertz CT molecular complexity index is 2670. The minimum Gasteiger partial charge on any atom is -0.351 e. The highest BCUT2D eigenvalue weighted by Gasteiger charge is 2.53. The first-order valence-electron chi connectivity index (χ1n) is 27.1. The Balaban J connectivity index is 0.818.